The van der Waals surface area contributed by atoms with Crippen molar-refractivity contribution in [3.05, 3.63) is 35.9 Å². The molecule has 1 aromatic rings. The van der Waals surface area contributed by atoms with Crippen LogP contribution in [-0.4, -0.2) is 39.9 Å². The molecule has 0 aromatic heterocycles. The van der Waals surface area contributed by atoms with Gasteiger partial charge in [0.2, 0.25) is 17.7 Å². The van der Waals surface area contributed by atoms with Crippen molar-refractivity contribution in [2.75, 3.05) is 0 Å². The van der Waals surface area contributed by atoms with Crippen molar-refractivity contribution >= 4 is 17.7 Å². The first-order valence-corrected chi connectivity index (χ1v) is 9.24. The number of ether oxygens (including phenoxy) is 2. The zero-order chi connectivity index (χ0) is 20.0. The molecule has 3 rings (SSSR count). The lowest BCUT2D eigenvalue weighted by molar-refractivity contribution is -0.206. The maximum absolute atomic E-state index is 13.3. The molecule has 1 heterocycles. The molecule has 2 fully saturated rings. The van der Waals surface area contributed by atoms with Gasteiger partial charge in [0.1, 0.15) is 0 Å². The van der Waals surface area contributed by atoms with E-state index in [1.54, 1.807) is 0 Å². The Kier molecular flexibility index (Phi) is 4.77. The quantitative estimate of drug-likeness (QED) is 0.811. The minimum absolute atomic E-state index is 0.296. The molecule has 6 heteroatoms. The topological polar surface area (TPSA) is 72.9 Å². The monoisotopic (exact) mass is 373 g/mol. The van der Waals surface area contributed by atoms with Gasteiger partial charge in [0, 0.05) is 13.8 Å². The van der Waals surface area contributed by atoms with Crippen LogP contribution in [0.1, 0.15) is 53.0 Å². The number of nitrogens with zero attached hydrogens (tertiary/aromatic N) is 1. The minimum atomic E-state index is -0.972. The summed E-state index contributed by atoms with van der Waals surface area (Å²) in [6.45, 7) is 8.52. The first-order valence-electron chi connectivity index (χ1n) is 9.24. The van der Waals surface area contributed by atoms with Crippen molar-refractivity contribution < 1.29 is 23.9 Å². The highest BCUT2D eigenvalue weighted by atomic mass is 16.6. The maximum Gasteiger partial charge on any atom is 0.245 e. The van der Waals surface area contributed by atoms with Gasteiger partial charge in [-0.2, -0.15) is 0 Å². The van der Waals surface area contributed by atoms with E-state index >= 15 is 0 Å². The zero-order valence-electron chi connectivity index (χ0n) is 16.6. The average molecular weight is 373 g/mol. The van der Waals surface area contributed by atoms with Gasteiger partial charge >= 0.3 is 0 Å². The molecule has 146 valence electrons. The predicted octanol–water partition coefficient (Wildman–Crippen LogP) is 2.84. The fourth-order valence-corrected chi connectivity index (χ4v) is 4.71. The first-order chi connectivity index (χ1) is 12.5. The number of hydrogen-bond donors (Lipinski definition) is 0. The second-order valence-electron chi connectivity index (χ2n) is 8.35. The number of carbonyl (C=O) groups excluding carboxylic acids is 3. The number of benzene rings is 1. The molecule has 0 spiro atoms. The largest absolute Gasteiger partial charge is 0.371 e. The van der Waals surface area contributed by atoms with E-state index in [1.165, 1.54) is 13.8 Å². The number of imide groups is 3. The Morgan fingerprint density at radius 2 is 1.70 bits per heavy atom. The zero-order valence-corrected chi connectivity index (χ0v) is 16.6. The fraction of sp³-hybridized carbons (Fsp3) is 0.571. The van der Waals surface area contributed by atoms with Gasteiger partial charge in [-0.15, -0.1) is 0 Å². The van der Waals surface area contributed by atoms with E-state index < -0.39 is 34.3 Å². The summed E-state index contributed by atoms with van der Waals surface area (Å²) in [5, 5.41) is 0. The number of rotatable bonds is 4. The molecule has 1 aliphatic carbocycles. The molecule has 2 bridgehead atoms. The van der Waals surface area contributed by atoms with Gasteiger partial charge in [-0.05, 0) is 39.2 Å². The summed E-state index contributed by atoms with van der Waals surface area (Å²) in [6, 6.07) is 9.80. The summed E-state index contributed by atoms with van der Waals surface area (Å²) in [7, 11) is 0. The van der Waals surface area contributed by atoms with Gasteiger partial charge in [0.25, 0.3) is 0 Å². The molecule has 0 N–H and O–H groups in total. The molecular weight excluding hydrogens is 346 g/mol. The highest BCUT2D eigenvalue weighted by Crippen LogP contribution is 2.63. The molecule has 3 unspecified atom stereocenters. The predicted molar refractivity (Wildman–Crippen MR) is 98.5 cm³/mol. The van der Waals surface area contributed by atoms with Gasteiger partial charge in [0.15, 0.2) is 0 Å². The van der Waals surface area contributed by atoms with Crippen LogP contribution in [0.25, 0.3) is 0 Å². The third-order valence-electron chi connectivity index (χ3n) is 6.04. The summed E-state index contributed by atoms with van der Waals surface area (Å²) >= 11 is 0. The van der Waals surface area contributed by atoms with Crippen LogP contribution in [0.2, 0.25) is 0 Å². The number of fused-ring (bicyclic) bond motifs is 2. The second kappa shape index (κ2) is 6.53. The van der Waals surface area contributed by atoms with Crippen LogP contribution in [0, 0.1) is 5.41 Å². The Bertz CT molecular complexity index is 760. The SMILES string of the molecule is CC(=O)N(C(C)=O)C(=O)C12CC(OCc3ccccc3)C(C)(C1)OC2(C)C. The summed E-state index contributed by atoms with van der Waals surface area (Å²) in [5.74, 6) is -1.62. The third kappa shape index (κ3) is 3.11. The molecule has 1 aliphatic heterocycles. The standard InChI is InChI=1S/C21H27NO5/c1-14(23)22(15(2)24)18(25)21-11-17(20(5,13-21)27-19(21,3)4)26-12-16-9-7-6-8-10-16/h6-10,17H,11-13H2,1-5H3. The number of hydrogen-bond acceptors (Lipinski definition) is 5. The lowest BCUT2D eigenvalue weighted by Gasteiger charge is -2.45. The smallest absolute Gasteiger partial charge is 0.245 e. The van der Waals surface area contributed by atoms with Gasteiger partial charge < -0.3 is 9.47 Å². The minimum Gasteiger partial charge on any atom is -0.371 e. The molecule has 0 radical (unpaired) electrons. The van der Waals surface area contributed by atoms with Crippen LogP contribution in [0.4, 0.5) is 0 Å². The van der Waals surface area contributed by atoms with Crippen LogP contribution >= 0.6 is 0 Å². The van der Waals surface area contributed by atoms with Gasteiger partial charge in [0.05, 0.1) is 29.3 Å². The van der Waals surface area contributed by atoms with Crippen molar-refractivity contribution in [1.82, 2.24) is 4.90 Å². The Hall–Kier alpha value is -2.05. The van der Waals surface area contributed by atoms with Crippen molar-refractivity contribution in [3.8, 4) is 0 Å². The van der Waals surface area contributed by atoms with Gasteiger partial charge in [-0.25, -0.2) is 4.90 Å². The lowest BCUT2D eigenvalue weighted by atomic mass is 9.71. The number of carbonyl (C=O) groups is 3. The molecule has 27 heavy (non-hydrogen) atoms. The van der Waals surface area contributed by atoms with Crippen molar-refractivity contribution in [2.24, 2.45) is 5.41 Å². The highest BCUT2D eigenvalue weighted by molar-refractivity contribution is 6.11. The Morgan fingerprint density at radius 3 is 2.26 bits per heavy atom. The molecule has 1 saturated heterocycles. The van der Waals surface area contributed by atoms with E-state index in [9.17, 15) is 14.4 Å². The molecule has 1 saturated carbocycles. The molecule has 1 aromatic carbocycles. The molecule has 6 nitrogen and oxygen atoms in total. The van der Waals surface area contributed by atoms with E-state index in [-0.39, 0.29) is 6.10 Å². The Labute approximate surface area is 159 Å². The second-order valence-corrected chi connectivity index (χ2v) is 8.35. The van der Waals surface area contributed by atoms with E-state index in [4.69, 9.17) is 9.47 Å². The van der Waals surface area contributed by atoms with Crippen molar-refractivity contribution in [2.45, 2.75) is 71.4 Å². The molecule has 3 atom stereocenters. The lowest BCUT2D eigenvalue weighted by Crippen LogP contribution is -2.57. The third-order valence-corrected chi connectivity index (χ3v) is 6.04. The van der Waals surface area contributed by atoms with Crippen molar-refractivity contribution in [3.63, 3.8) is 0 Å². The number of amides is 3. The highest BCUT2D eigenvalue weighted by Gasteiger charge is 2.72. The van der Waals surface area contributed by atoms with Crippen LogP contribution < -0.4 is 0 Å². The van der Waals surface area contributed by atoms with Gasteiger partial charge in [-0.1, -0.05) is 30.3 Å². The van der Waals surface area contributed by atoms with Crippen LogP contribution in [0.5, 0.6) is 0 Å². The van der Waals surface area contributed by atoms with E-state index in [2.05, 4.69) is 0 Å². The summed E-state index contributed by atoms with van der Waals surface area (Å²) in [5.41, 5.74) is -1.38. The van der Waals surface area contributed by atoms with Crippen LogP contribution in [0.3, 0.4) is 0 Å². The Balaban J connectivity index is 1.87. The van der Waals surface area contributed by atoms with Gasteiger partial charge in [-0.3, -0.25) is 14.4 Å². The summed E-state index contributed by atoms with van der Waals surface area (Å²) in [6.07, 6.45) is 0.539. The fourth-order valence-electron chi connectivity index (χ4n) is 4.71. The molecule has 3 amide bonds. The van der Waals surface area contributed by atoms with Crippen molar-refractivity contribution in [1.29, 1.82) is 0 Å². The van der Waals surface area contributed by atoms with Crippen LogP contribution in [0.15, 0.2) is 30.3 Å². The normalized spacial score (nSPS) is 30.9. The molecular formula is C21H27NO5. The average Bonchev–Trinajstić information content (AvgIpc) is 2.97. The molecule has 2 aliphatic rings. The summed E-state index contributed by atoms with van der Waals surface area (Å²) < 4.78 is 12.4. The Morgan fingerprint density at radius 1 is 1.11 bits per heavy atom. The van der Waals surface area contributed by atoms with E-state index in [0.29, 0.717) is 19.4 Å². The summed E-state index contributed by atoms with van der Waals surface area (Å²) in [4.78, 5) is 38.0. The van der Waals surface area contributed by atoms with E-state index in [0.717, 1.165) is 10.5 Å². The van der Waals surface area contributed by atoms with E-state index in [1.807, 2.05) is 51.1 Å². The maximum atomic E-state index is 13.3. The van der Waals surface area contributed by atoms with Crippen LogP contribution in [-0.2, 0) is 30.5 Å². The first kappa shape index (κ1) is 19.7.